The number of nitrogens with one attached hydrogen (secondary N) is 5. The summed E-state index contributed by atoms with van der Waals surface area (Å²) in [5, 5.41) is 14.9. The van der Waals surface area contributed by atoms with Crippen LogP contribution >= 0.6 is 11.8 Å². The van der Waals surface area contributed by atoms with Crippen LogP contribution in [0.4, 0.5) is 10.5 Å². The largest absolute Gasteiger partial charge is 0.457 e. The Balaban J connectivity index is 0.844. The van der Waals surface area contributed by atoms with Crippen LogP contribution in [0.15, 0.2) is 42.6 Å². The lowest BCUT2D eigenvalue weighted by atomic mass is 10.0. The quantitative estimate of drug-likeness (QED) is 0.0353. The highest BCUT2D eigenvalue weighted by Crippen LogP contribution is 2.33. The molecule has 3 atom stereocenters. The maximum atomic E-state index is 12.8. The van der Waals surface area contributed by atoms with E-state index < -0.39 is 0 Å². The van der Waals surface area contributed by atoms with Crippen molar-refractivity contribution < 1.29 is 47.7 Å². The monoisotopic (exact) mass is 872 g/mol. The molecular formula is C42H64N8O10S. The summed E-state index contributed by atoms with van der Waals surface area (Å²) in [5.74, 6) is 1.54. The topological polar surface area (TPSA) is 234 Å². The first kappa shape index (κ1) is 49.0. The Morgan fingerprint density at radius 2 is 1.34 bits per heavy atom. The average molecular weight is 873 g/mol. The summed E-state index contributed by atoms with van der Waals surface area (Å²) < 4.78 is 28.0. The van der Waals surface area contributed by atoms with Crippen molar-refractivity contribution in [3.05, 3.63) is 48.3 Å². The van der Waals surface area contributed by atoms with E-state index in [1.54, 1.807) is 43.4 Å². The molecule has 2 fully saturated rings. The number of fused-ring (bicyclic) bond motifs is 1. The van der Waals surface area contributed by atoms with Gasteiger partial charge in [-0.15, -0.1) is 0 Å². The molecule has 0 spiro atoms. The zero-order valence-corrected chi connectivity index (χ0v) is 36.1. The van der Waals surface area contributed by atoms with Crippen LogP contribution in [-0.4, -0.2) is 149 Å². The van der Waals surface area contributed by atoms with Gasteiger partial charge < -0.3 is 60.9 Å². The molecule has 1 aromatic carbocycles. The Morgan fingerprint density at radius 1 is 0.738 bits per heavy atom. The molecule has 0 saturated carbocycles. The molecule has 18 nitrogen and oxygen atoms in total. The molecule has 3 heterocycles. The predicted molar refractivity (Wildman–Crippen MR) is 231 cm³/mol. The third-order valence-corrected chi connectivity index (χ3v) is 11.3. The van der Waals surface area contributed by atoms with Gasteiger partial charge in [-0.3, -0.25) is 24.2 Å². The third-order valence-electron chi connectivity index (χ3n) is 9.76. The van der Waals surface area contributed by atoms with Crippen LogP contribution in [0, 0.1) is 0 Å². The van der Waals surface area contributed by atoms with Crippen LogP contribution in [0.25, 0.3) is 0 Å². The van der Waals surface area contributed by atoms with E-state index in [9.17, 15) is 24.0 Å². The molecule has 338 valence electrons. The molecule has 2 aromatic rings. The smallest absolute Gasteiger partial charge is 0.315 e. The Morgan fingerprint density at radius 3 is 2.02 bits per heavy atom. The number of ether oxygens (including phenoxy) is 5. The van der Waals surface area contributed by atoms with Gasteiger partial charge in [0.2, 0.25) is 17.7 Å². The number of carbonyl (C=O) groups excluding carboxylic acids is 5. The zero-order valence-electron chi connectivity index (χ0n) is 35.3. The number of amides is 6. The number of likely N-dealkylation sites (N-methyl/N-ethyl adjacent to an activating group) is 1. The second-order valence-corrected chi connectivity index (χ2v) is 16.0. The van der Waals surface area contributed by atoms with E-state index in [1.807, 2.05) is 11.8 Å². The fourth-order valence-corrected chi connectivity index (χ4v) is 7.97. The normalized spacial score (nSPS) is 16.6. The van der Waals surface area contributed by atoms with Gasteiger partial charge in [-0.2, -0.15) is 11.8 Å². The first-order valence-electron chi connectivity index (χ1n) is 21.2. The SMILES string of the molecule is CN(CCOCCNC(=O)CCCC(=O)NCCCOCCOCCOCCCNC(=O)CCCC[C@@H]1SC[C@@H]2NC(=O)N[C@@H]21)C(=O)c1cc(Oc2ccc(N)cc2)ccn1. The predicted octanol–water partition coefficient (Wildman–Crippen LogP) is 2.62. The second kappa shape index (κ2) is 28.8. The number of benzene rings is 1. The molecule has 1 aromatic heterocycles. The van der Waals surface area contributed by atoms with Gasteiger partial charge in [0, 0.05) is 94.7 Å². The van der Waals surface area contributed by atoms with E-state index in [-0.39, 0.29) is 73.5 Å². The van der Waals surface area contributed by atoms with E-state index >= 15 is 0 Å². The summed E-state index contributed by atoms with van der Waals surface area (Å²) >= 11 is 1.90. The number of rotatable bonds is 32. The van der Waals surface area contributed by atoms with Gasteiger partial charge in [-0.25, -0.2) is 4.79 Å². The van der Waals surface area contributed by atoms with Crippen molar-refractivity contribution in [3.8, 4) is 11.5 Å². The van der Waals surface area contributed by atoms with Crippen molar-refractivity contribution >= 4 is 47.1 Å². The van der Waals surface area contributed by atoms with E-state index in [4.69, 9.17) is 29.4 Å². The fraction of sp³-hybridized carbons (Fsp3) is 0.619. The van der Waals surface area contributed by atoms with Gasteiger partial charge in [-0.1, -0.05) is 6.42 Å². The number of thioether (sulfide) groups is 1. The summed E-state index contributed by atoms with van der Waals surface area (Å²) in [6.45, 7) is 5.15. The van der Waals surface area contributed by atoms with Crippen molar-refractivity contribution in [2.75, 3.05) is 97.6 Å². The van der Waals surface area contributed by atoms with Crippen LogP contribution < -0.4 is 37.1 Å². The maximum Gasteiger partial charge on any atom is 0.315 e. The molecule has 0 aliphatic carbocycles. The third kappa shape index (κ3) is 20.2. The Labute approximate surface area is 362 Å². The number of urea groups is 1. The van der Waals surface area contributed by atoms with Crippen molar-refractivity contribution in [1.82, 2.24) is 36.5 Å². The van der Waals surface area contributed by atoms with Crippen LogP contribution in [0.5, 0.6) is 11.5 Å². The molecule has 0 radical (unpaired) electrons. The fourth-order valence-electron chi connectivity index (χ4n) is 6.42. The van der Waals surface area contributed by atoms with Gasteiger partial charge in [0.15, 0.2) is 0 Å². The molecule has 19 heteroatoms. The first-order chi connectivity index (χ1) is 29.7. The van der Waals surface area contributed by atoms with Crippen molar-refractivity contribution in [1.29, 1.82) is 0 Å². The van der Waals surface area contributed by atoms with E-state index in [0.717, 1.165) is 31.4 Å². The number of carbonyl (C=O) groups is 5. The van der Waals surface area contributed by atoms with Gasteiger partial charge in [0.1, 0.15) is 17.2 Å². The lowest BCUT2D eigenvalue weighted by molar-refractivity contribution is -0.123. The molecule has 61 heavy (non-hydrogen) atoms. The second-order valence-electron chi connectivity index (χ2n) is 14.7. The van der Waals surface area contributed by atoms with Gasteiger partial charge in [0.05, 0.1) is 51.7 Å². The lowest BCUT2D eigenvalue weighted by Gasteiger charge is -2.17. The van der Waals surface area contributed by atoms with Crippen LogP contribution in [0.3, 0.4) is 0 Å². The highest BCUT2D eigenvalue weighted by atomic mass is 32.2. The number of hydrogen-bond acceptors (Lipinski definition) is 13. The number of nitrogens with two attached hydrogens (primary N) is 1. The molecule has 2 saturated heterocycles. The number of nitrogens with zero attached hydrogens (tertiary/aromatic N) is 2. The lowest BCUT2D eigenvalue weighted by Crippen LogP contribution is -2.36. The van der Waals surface area contributed by atoms with Crippen LogP contribution in [-0.2, 0) is 33.3 Å². The highest BCUT2D eigenvalue weighted by Gasteiger charge is 2.42. The number of nitrogen functional groups attached to an aromatic ring is 1. The summed E-state index contributed by atoms with van der Waals surface area (Å²) in [5.41, 5.74) is 6.58. The van der Waals surface area contributed by atoms with Gasteiger partial charge >= 0.3 is 6.03 Å². The van der Waals surface area contributed by atoms with Gasteiger partial charge in [-0.05, 0) is 62.4 Å². The standard InChI is InChI=1S/C42H64N8O10S/c1-50(41(54)34-29-33(15-18-44-34)60-32-13-11-31(43)12-14-32)20-24-58-23-19-47-39(53)10-4-9-38(52)46-17-6-22-57-26-28-59-27-25-56-21-5-16-45-37(51)8-3-2-7-36-40-35(30-61-36)48-42(55)49-40/h11-15,18,29,35-36,40H,2-10,16-17,19-28,30,43H2,1H3,(H,45,51)(H,46,52)(H,47,53)(H2,48,49,55)/t35-,36-,40-/m0/s1. The molecule has 2 aliphatic heterocycles. The Hall–Kier alpha value is -4.69. The van der Waals surface area contributed by atoms with Crippen molar-refractivity contribution in [3.63, 3.8) is 0 Å². The molecule has 0 unspecified atom stereocenters. The highest BCUT2D eigenvalue weighted by molar-refractivity contribution is 8.00. The summed E-state index contributed by atoms with van der Waals surface area (Å²) in [4.78, 5) is 66.3. The van der Waals surface area contributed by atoms with E-state index in [1.165, 1.54) is 11.1 Å². The minimum absolute atomic E-state index is 0.0606. The minimum Gasteiger partial charge on any atom is -0.457 e. The Bertz CT molecular complexity index is 1640. The van der Waals surface area contributed by atoms with Gasteiger partial charge in [0.25, 0.3) is 5.91 Å². The van der Waals surface area contributed by atoms with Crippen LogP contribution in [0.1, 0.15) is 68.3 Å². The number of hydrogen-bond donors (Lipinski definition) is 6. The summed E-state index contributed by atoms with van der Waals surface area (Å²) in [7, 11) is 1.66. The van der Waals surface area contributed by atoms with Crippen LogP contribution in [0.2, 0.25) is 0 Å². The zero-order chi connectivity index (χ0) is 43.5. The van der Waals surface area contributed by atoms with E-state index in [0.29, 0.717) is 108 Å². The Kier molecular flexibility index (Phi) is 23.1. The summed E-state index contributed by atoms with van der Waals surface area (Å²) in [6, 6.07) is 10.6. The number of aromatic nitrogens is 1. The van der Waals surface area contributed by atoms with E-state index in [2.05, 4.69) is 31.6 Å². The number of pyridine rings is 1. The maximum absolute atomic E-state index is 12.8. The molecule has 4 rings (SSSR count). The molecule has 2 aliphatic rings. The average Bonchev–Trinajstić information content (AvgIpc) is 3.81. The van der Waals surface area contributed by atoms with Crippen molar-refractivity contribution in [2.45, 2.75) is 75.1 Å². The minimum atomic E-state index is -0.276. The summed E-state index contributed by atoms with van der Waals surface area (Å²) in [6.07, 6.45) is 7.16. The van der Waals surface area contributed by atoms with Crippen molar-refractivity contribution in [2.24, 2.45) is 0 Å². The molecule has 7 N–H and O–H groups in total. The molecule has 6 amide bonds. The number of unbranched alkanes of at least 4 members (excludes halogenated alkanes) is 1. The molecule has 0 bridgehead atoms. The molecular weight excluding hydrogens is 809 g/mol. The first-order valence-corrected chi connectivity index (χ1v) is 22.3. The number of anilines is 1.